The Labute approximate surface area is 121 Å². The fourth-order valence-electron chi connectivity index (χ4n) is 3.37. The first-order chi connectivity index (χ1) is 9.52. The number of rotatable bonds is 5. The van der Waals surface area contributed by atoms with Gasteiger partial charge in [0.05, 0.1) is 0 Å². The normalized spacial score (nSPS) is 22.9. The van der Waals surface area contributed by atoms with Gasteiger partial charge in [-0.2, -0.15) is 0 Å². The van der Waals surface area contributed by atoms with Gasteiger partial charge in [-0.15, -0.1) is 0 Å². The van der Waals surface area contributed by atoms with Crippen LogP contribution in [0.5, 0.6) is 0 Å². The molecule has 1 fully saturated rings. The summed E-state index contributed by atoms with van der Waals surface area (Å²) in [4.78, 5) is 11.2. The average Bonchev–Trinajstić information content (AvgIpc) is 2.71. The van der Waals surface area contributed by atoms with Gasteiger partial charge in [-0.1, -0.05) is 0 Å². The van der Waals surface area contributed by atoms with E-state index in [0.29, 0.717) is 6.04 Å². The minimum absolute atomic E-state index is 0.0956. The number of aromatic nitrogens is 1. The van der Waals surface area contributed by atoms with Gasteiger partial charge in [0.2, 0.25) is 5.91 Å². The van der Waals surface area contributed by atoms with Crippen LogP contribution in [0.15, 0.2) is 6.07 Å². The Bertz CT molecular complexity index is 470. The Balaban J connectivity index is 1.86. The number of hydrogen-bond donors (Lipinski definition) is 2. The SMILES string of the molecule is CCn1c(C)cc(CNC2CCC(C(N)=O)CC2)c1C. The molecule has 0 bridgehead atoms. The topological polar surface area (TPSA) is 60.1 Å². The predicted octanol–water partition coefficient (Wildman–Crippen LogP) is 2.26. The molecule has 1 aliphatic rings. The highest BCUT2D eigenvalue weighted by atomic mass is 16.1. The van der Waals surface area contributed by atoms with E-state index in [2.05, 4.69) is 36.7 Å². The Hall–Kier alpha value is -1.29. The van der Waals surface area contributed by atoms with Gasteiger partial charge in [-0.05, 0) is 58.1 Å². The molecule has 1 aliphatic carbocycles. The van der Waals surface area contributed by atoms with Crippen molar-refractivity contribution in [2.24, 2.45) is 11.7 Å². The molecule has 0 spiro atoms. The molecule has 1 aromatic heterocycles. The van der Waals surface area contributed by atoms with Crippen molar-refractivity contribution in [3.05, 3.63) is 23.0 Å². The molecule has 20 heavy (non-hydrogen) atoms. The average molecular weight is 277 g/mol. The smallest absolute Gasteiger partial charge is 0.220 e. The summed E-state index contributed by atoms with van der Waals surface area (Å²) in [7, 11) is 0. The molecular formula is C16H27N3O. The molecule has 112 valence electrons. The zero-order valence-corrected chi connectivity index (χ0v) is 12.9. The zero-order chi connectivity index (χ0) is 14.7. The maximum absolute atomic E-state index is 11.2. The van der Waals surface area contributed by atoms with Gasteiger partial charge in [0.1, 0.15) is 0 Å². The molecule has 0 radical (unpaired) electrons. The van der Waals surface area contributed by atoms with E-state index in [1.807, 2.05) is 0 Å². The van der Waals surface area contributed by atoms with E-state index in [4.69, 9.17) is 5.73 Å². The highest BCUT2D eigenvalue weighted by molar-refractivity contribution is 5.76. The van der Waals surface area contributed by atoms with E-state index < -0.39 is 0 Å². The largest absolute Gasteiger partial charge is 0.369 e. The highest BCUT2D eigenvalue weighted by Crippen LogP contribution is 2.24. The lowest BCUT2D eigenvalue weighted by Crippen LogP contribution is -2.36. The van der Waals surface area contributed by atoms with E-state index in [-0.39, 0.29) is 11.8 Å². The number of amides is 1. The molecule has 0 unspecified atom stereocenters. The second-order valence-corrected chi connectivity index (χ2v) is 5.97. The first-order valence-corrected chi connectivity index (χ1v) is 7.71. The zero-order valence-electron chi connectivity index (χ0n) is 12.9. The lowest BCUT2D eigenvalue weighted by molar-refractivity contribution is -0.122. The molecule has 2 rings (SSSR count). The van der Waals surface area contributed by atoms with Gasteiger partial charge in [0, 0.05) is 36.4 Å². The summed E-state index contributed by atoms with van der Waals surface area (Å²) in [5.41, 5.74) is 9.46. The molecule has 3 N–H and O–H groups in total. The number of carbonyl (C=O) groups is 1. The van der Waals surface area contributed by atoms with Crippen LogP contribution in [-0.2, 0) is 17.9 Å². The van der Waals surface area contributed by atoms with Crippen molar-refractivity contribution in [2.75, 3.05) is 0 Å². The van der Waals surface area contributed by atoms with Crippen LogP contribution in [0.4, 0.5) is 0 Å². The summed E-state index contributed by atoms with van der Waals surface area (Å²) < 4.78 is 2.35. The van der Waals surface area contributed by atoms with Crippen LogP contribution in [-0.4, -0.2) is 16.5 Å². The summed E-state index contributed by atoms with van der Waals surface area (Å²) in [6.45, 7) is 8.49. The van der Waals surface area contributed by atoms with Crippen LogP contribution in [0.3, 0.4) is 0 Å². The second kappa shape index (κ2) is 6.44. The number of nitrogens with one attached hydrogen (secondary N) is 1. The summed E-state index contributed by atoms with van der Waals surface area (Å²) in [6.07, 6.45) is 3.97. The molecule has 0 atom stereocenters. The lowest BCUT2D eigenvalue weighted by atomic mass is 9.85. The highest BCUT2D eigenvalue weighted by Gasteiger charge is 2.24. The van der Waals surface area contributed by atoms with Crippen molar-refractivity contribution in [1.29, 1.82) is 0 Å². The van der Waals surface area contributed by atoms with Crippen molar-refractivity contribution < 1.29 is 4.79 Å². The molecule has 4 nitrogen and oxygen atoms in total. The fourth-order valence-corrected chi connectivity index (χ4v) is 3.37. The van der Waals surface area contributed by atoms with Gasteiger partial charge in [-0.25, -0.2) is 0 Å². The minimum atomic E-state index is -0.130. The Morgan fingerprint density at radius 2 is 2.00 bits per heavy atom. The molecule has 1 amide bonds. The summed E-state index contributed by atoms with van der Waals surface area (Å²) in [5, 5.41) is 3.64. The van der Waals surface area contributed by atoms with E-state index in [1.165, 1.54) is 17.0 Å². The number of nitrogens with zero attached hydrogens (tertiary/aromatic N) is 1. The maximum atomic E-state index is 11.2. The molecule has 1 aromatic rings. The number of nitrogens with two attached hydrogens (primary N) is 1. The van der Waals surface area contributed by atoms with Gasteiger partial charge in [0.15, 0.2) is 0 Å². The van der Waals surface area contributed by atoms with Gasteiger partial charge < -0.3 is 15.6 Å². The van der Waals surface area contributed by atoms with Crippen LogP contribution in [0, 0.1) is 19.8 Å². The monoisotopic (exact) mass is 277 g/mol. The number of hydrogen-bond acceptors (Lipinski definition) is 2. The molecule has 0 aromatic carbocycles. The van der Waals surface area contributed by atoms with Gasteiger partial charge >= 0.3 is 0 Å². The van der Waals surface area contributed by atoms with E-state index in [0.717, 1.165) is 38.8 Å². The second-order valence-electron chi connectivity index (χ2n) is 5.97. The molecular weight excluding hydrogens is 250 g/mol. The first-order valence-electron chi connectivity index (χ1n) is 7.71. The van der Waals surface area contributed by atoms with E-state index in [1.54, 1.807) is 0 Å². The fraction of sp³-hybridized carbons (Fsp3) is 0.688. The number of carbonyl (C=O) groups excluding carboxylic acids is 1. The summed E-state index contributed by atoms with van der Waals surface area (Å²) in [5.74, 6) is -0.0341. The van der Waals surface area contributed by atoms with Gasteiger partial charge in [0.25, 0.3) is 0 Å². The van der Waals surface area contributed by atoms with Crippen molar-refractivity contribution in [3.8, 4) is 0 Å². The number of primary amides is 1. The van der Waals surface area contributed by atoms with Gasteiger partial charge in [-0.3, -0.25) is 4.79 Å². The number of aryl methyl sites for hydroxylation is 1. The third kappa shape index (κ3) is 3.23. The van der Waals surface area contributed by atoms with E-state index >= 15 is 0 Å². The molecule has 1 saturated carbocycles. The summed E-state index contributed by atoms with van der Waals surface area (Å²) >= 11 is 0. The Morgan fingerprint density at radius 3 is 2.50 bits per heavy atom. The van der Waals surface area contributed by atoms with Crippen LogP contribution in [0.1, 0.15) is 49.6 Å². The van der Waals surface area contributed by atoms with Crippen molar-refractivity contribution in [1.82, 2.24) is 9.88 Å². The summed E-state index contributed by atoms with van der Waals surface area (Å²) in [6, 6.07) is 2.80. The first kappa shape index (κ1) is 15.1. The molecule has 0 aliphatic heterocycles. The standard InChI is InChI=1S/C16H27N3O/c1-4-19-11(2)9-14(12(19)3)10-18-15-7-5-13(6-8-15)16(17)20/h9,13,15,18H,4-8,10H2,1-3H3,(H2,17,20). The van der Waals surface area contributed by atoms with E-state index in [9.17, 15) is 4.79 Å². The van der Waals surface area contributed by atoms with Crippen molar-refractivity contribution in [2.45, 2.75) is 65.6 Å². The van der Waals surface area contributed by atoms with Crippen molar-refractivity contribution in [3.63, 3.8) is 0 Å². The lowest BCUT2D eigenvalue weighted by Gasteiger charge is -2.27. The van der Waals surface area contributed by atoms with Crippen LogP contribution in [0.2, 0.25) is 0 Å². The quantitative estimate of drug-likeness (QED) is 0.867. The molecule has 0 saturated heterocycles. The Morgan fingerprint density at radius 1 is 1.35 bits per heavy atom. The van der Waals surface area contributed by atoms with Crippen LogP contribution >= 0.6 is 0 Å². The minimum Gasteiger partial charge on any atom is -0.369 e. The molecule has 1 heterocycles. The molecule has 4 heteroatoms. The predicted molar refractivity (Wildman–Crippen MR) is 81.4 cm³/mol. The Kier molecular flexibility index (Phi) is 4.86. The van der Waals surface area contributed by atoms with Crippen LogP contribution < -0.4 is 11.1 Å². The van der Waals surface area contributed by atoms with Crippen LogP contribution in [0.25, 0.3) is 0 Å². The van der Waals surface area contributed by atoms with Crippen molar-refractivity contribution >= 4 is 5.91 Å². The third-order valence-electron chi connectivity index (χ3n) is 4.71. The maximum Gasteiger partial charge on any atom is 0.220 e. The third-order valence-corrected chi connectivity index (χ3v) is 4.71.